The van der Waals surface area contributed by atoms with Crippen molar-refractivity contribution >= 4 is 27.5 Å². The Morgan fingerprint density at radius 1 is 1.33 bits per heavy atom. The Balaban J connectivity index is 2.51. The standard InChI is InChI=1S/C11H12BrF2NO3/c1-17-2-3-18-6-11(16)15-10-4-7(12)8(13)5-9(10)14/h4-5H,2-3,6H2,1H3,(H,15,16). The predicted octanol–water partition coefficient (Wildman–Crippen LogP) is 2.33. The Morgan fingerprint density at radius 3 is 2.72 bits per heavy atom. The quantitative estimate of drug-likeness (QED) is 0.645. The number of halogens is 3. The first-order chi connectivity index (χ1) is 8.54. The highest BCUT2D eigenvalue weighted by molar-refractivity contribution is 9.10. The molecule has 0 heterocycles. The molecule has 0 aromatic heterocycles. The Kier molecular flexibility index (Phi) is 6.17. The third-order valence-corrected chi connectivity index (χ3v) is 2.56. The molecule has 1 rings (SSSR count). The summed E-state index contributed by atoms with van der Waals surface area (Å²) >= 11 is 2.90. The zero-order valence-corrected chi connectivity index (χ0v) is 11.2. The van der Waals surface area contributed by atoms with Crippen molar-refractivity contribution in [3.63, 3.8) is 0 Å². The van der Waals surface area contributed by atoms with Crippen LogP contribution in [0.2, 0.25) is 0 Å². The second-order valence-corrected chi connectivity index (χ2v) is 4.19. The van der Waals surface area contributed by atoms with Crippen LogP contribution >= 0.6 is 15.9 Å². The van der Waals surface area contributed by atoms with Crippen LogP contribution < -0.4 is 5.32 Å². The van der Waals surface area contributed by atoms with Crippen LogP contribution in [0, 0.1) is 11.6 Å². The number of benzene rings is 1. The Hall–Kier alpha value is -1.05. The highest BCUT2D eigenvalue weighted by Gasteiger charge is 2.11. The smallest absolute Gasteiger partial charge is 0.250 e. The highest BCUT2D eigenvalue weighted by atomic mass is 79.9. The molecule has 1 aromatic rings. The van der Waals surface area contributed by atoms with E-state index in [1.54, 1.807) is 0 Å². The summed E-state index contributed by atoms with van der Waals surface area (Å²) in [6.07, 6.45) is 0. The number of anilines is 1. The third kappa shape index (κ3) is 4.67. The fourth-order valence-electron chi connectivity index (χ4n) is 1.11. The number of carbonyl (C=O) groups excluding carboxylic acids is 1. The van der Waals surface area contributed by atoms with Crippen LogP contribution in [0.15, 0.2) is 16.6 Å². The largest absolute Gasteiger partial charge is 0.382 e. The molecule has 1 aromatic carbocycles. The Bertz CT molecular complexity index is 429. The van der Waals surface area contributed by atoms with Crippen molar-refractivity contribution in [2.75, 3.05) is 32.2 Å². The summed E-state index contributed by atoms with van der Waals surface area (Å²) in [7, 11) is 1.51. The SMILES string of the molecule is COCCOCC(=O)Nc1cc(Br)c(F)cc1F. The summed E-state index contributed by atoms with van der Waals surface area (Å²) in [4.78, 5) is 11.4. The first kappa shape index (κ1) is 15.0. The second-order valence-electron chi connectivity index (χ2n) is 3.34. The first-order valence-corrected chi connectivity index (χ1v) is 5.85. The second kappa shape index (κ2) is 7.40. The van der Waals surface area contributed by atoms with Crippen LogP contribution in [-0.4, -0.2) is 32.8 Å². The molecule has 0 aliphatic carbocycles. The van der Waals surface area contributed by atoms with E-state index < -0.39 is 17.5 Å². The average Bonchev–Trinajstić information content (AvgIpc) is 2.32. The summed E-state index contributed by atoms with van der Waals surface area (Å²) in [5, 5.41) is 2.28. The fourth-order valence-corrected chi connectivity index (χ4v) is 1.46. The van der Waals surface area contributed by atoms with E-state index in [0.717, 1.165) is 6.07 Å². The maximum Gasteiger partial charge on any atom is 0.250 e. The van der Waals surface area contributed by atoms with E-state index >= 15 is 0 Å². The van der Waals surface area contributed by atoms with Gasteiger partial charge in [-0.25, -0.2) is 8.78 Å². The van der Waals surface area contributed by atoms with Gasteiger partial charge in [-0.2, -0.15) is 0 Å². The van der Waals surface area contributed by atoms with Crippen LogP contribution in [0.1, 0.15) is 0 Å². The maximum atomic E-state index is 13.3. The van der Waals surface area contributed by atoms with Gasteiger partial charge in [0.15, 0.2) is 0 Å². The number of hydrogen-bond donors (Lipinski definition) is 1. The molecule has 0 saturated heterocycles. The fraction of sp³-hybridized carbons (Fsp3) is 0.364. The molecule has 0 atom stereocenters. The summed E-state index contributed by atoms with van der Waals surface area (Å²) in [5.41, 5.74) is -0.108. The lowest BCUT2D eigenvalue weighted by Crippen LogP contribution is -2.20. The molecule has 0 saturated carbocycles. The number of ether oxygens (including phenoxy) is 2. The lowest BCUT2D eigenvalue weighted by atomic mass is 10.3. The minimum absolute atomic E-state index is 0.0690. The number of rotatable bonds is 6. The summed E-state index contributed by atoms with van der Waals surface area (Å²) in [5.74, 6) is -2.11. The van der Waals surface area contributed by atoms with Gasteiger partial charge in [0.2, 0.25) is 5.91 Å². The Labute approximate surface area is 111 Å². The van der Waals surface area contributed by atoms with Gasteiger partial charge in [-0.15, -0.1) is 0 Å². The first-order valence-electron chi connectivity index (χ1n) is 5.05. The van der Waals surface area contributed by atoms with Crippen molar-refractivity contribution < 1.29 is 23.0 Å². The molecule has 4 nitrogen and oxygen atoms in total. The molecule has 0 aliphatic heterocycles. The van der Waals surface area contributed by atoms with E-state index in [9.17, 15) is 13.6 Å². The number of nitrogens with one attached hydrogen (secondary N) is 1. The number of methoxy groups -OCH3 is 1. The molecule has 0 unspecified atom stereocenters. The lowest BCUT2D eigenvalue weighted by molar-refractivity contribution is -0.121. The van der Waals surface area contributed by atoms with Crippen molar-refractivity contribution in [1.82, 2.24) is 0 Å². The molecule has 0 fully saturated rings. The number of carbonyl (C=O) groups is 1. The van der Waals surface area contributed by atoms with Crippen molar-refractivity contribution in [2.45, 2.75) is 0 Å². The van der Waals surface area contributed by atoms with Crippen molar-refractivity contribution in [3.8, 4) is 0 Å². The molecule has 0 bridgehead atoms. The molecular formula is C11H12BrF2NO3. The lowest BCUT2D eigenvalue weighted by Gasteiger charge is -2.08. The molecule has 0 radical (unpaired) electrons. The van der Waals surface area contributed by atoms with Gasteiger partial charge in [-0.3, -0.25) is 4.79 Å². The van der Waals surface area contributed by atoms with Crippen LogP contribution in [0.5, 0.6) is 0 Å². The van der Waals surface area contributed by atoms with Gasteiger partial charge >= 0.3 is 0 Å². The van der Waals surface area contributed by atoms with Gasteiger partial charge in [-0.1, -0.05) is 0 Å². The van der Waals surface area contributed by atoms with Gasteiger partial charge in [0.1, 0.15) is 18.2 Å². The van der Waals surface area contributed by atoms with Crippen molar-refractivity contribution in [3.05, 3.63) is 28.2 Å². The van der Waals surface area contributed by atoms with Crippen molar-refractivity contribution in [2.24, 2.45) is 0 Å². The summed E-state index contributed by atoms with van der Waals surface area (Å²) in [6, 6.07) is 1.84. The number of amides is 1. The van der Waals surface area contributed by atoms with E-state index in [1.165, 1.54) is 7.11 Å². The molecule has 0 spiro atoms. The normalized spacial score (nSPS) is 10.4. The molecule has 7 heteroatoms. The van der Waals surface area contributed by atoms with Crippen LogP contribution in [0.3, 0.4) is 0 Å². The zero-order chi connectivity index (χ0) is 13.5. The zero-order valence-electron chi connectivity index (χ0n) is 9.63. The van der Waals surface area contributed by atoms with Gasteiger partial charge < -0.3 is 14.8 Å². The average molecular weight is 324 g/mol. The van der Waals surface area contributed by atoms with E-state index in [1.807, 2.05) is 0 Å². The molecule has 18 heavy (non-hydrogen) atoms. The minimum Gasteiger partial charge on any atom is -0.382 e. The van der Waals surface area contributed by atoms with E-state index in [2.05, 4.69) is 21.2 Å². The topological polar surface area (TPSA) is 47.6 Å². The van der Waals surface area contributed by atoms with E-state index in [-0.39, 0.29) is 23.4 Å². The Morgan fingerprint density at radius 2 is 2.06 bits per heavy atom. The molecule has 1 amide bonds. The molecular weight excluding hydrogens is 312 g/mol. The van der Waals surface area contributed by atoms with E-state index in [0.29, 0.717) is 12.7 Å². The van der Waals surface area contributed by atoms with E-state index in [4.69, 9.17) is 9.47 Å². The van der Waals surface area contributed by atoms with Gasteiger partial charge in [0.05, 0.1) is 23.4 Å². The van der Waals surface area contributed by atoms with Crippen LogP contribution in [-0.2, 0) is 14.3 Å². The predicted molar refractivity (Wildman–Crippen MR) is 65.4 cm³/mol. The monoisotopic (exact) mass is 323 g/mol. The van der Waals surface area contributed by atoms with Gasteiger partial charge in [0.25, 0.3) is 0 Å². The van der Waals surface area contributed by atoms with Crippen molar-refractivity contribution in [1.29, 1.82) is 0 Å². The minimum atomic E-state index is -0.846. The summed E-state index contributed by atoms with van der Waals surface area (Å²) in [6.45, 7) is 0.404. The highest BCUT2D eigenvalue weighted by Crippen LogP contribution is 2.23. The maximum absolute atomic E-state index is 13.3. The number of hydrogen-bond acceptors (Lipinski definition) is 3. The van der Waals surface area contributed by atoms with Crippen LogP contribution in [0.4, 0.5) is 14.5 Å². The van der Waals surface area contributed by atoms with Gasteiger partial charge in [-0.05, 0) is 22.0 Å². The molecule has 100 valence electrons. The van der Waals surface area contributed by atoms with Crippen LogP contribution in [0.25, 0.3) is 0 Å². The molecule has 0 aliphatic rings. The summed E-state index contributed by atoms with van der Waals surface area (Å²) < 4.78 is 36.0. The third-order valence-electron chi connectivity index (χ3n) is 1.95. The van der Waals surface area contributed by atoms with Gasteiger partial charge in [0, 0.05) is 13.2 Å². The molecule has 1 N–H and O–H groups in total.